The van der Waals surface area contributed by atoms with Crippen LogP contribution in [0.5, 0.6) is 0 Å². The van der Waals surface area contributed by atoms with Crippen molar-refractivity contribution in [1.82, 2.24) is 9.55 Å². The van der Waals surface area contributed by atoms with Crippen molar-refractivity contribution in [2.24, 2.45) is 7.05 Å². The highest BCUT2D eigenvalue weighted by Gasteiger charge is 2.18. The zero-order chi connectivity index (χ0) is 21.4. The molecule has 0 bridgehead atoms. The molecule has 0 aliphatic heterocycles. The van der Waals surface area contributed by atoms with Crippen molar-refractivity contribution < 1.29 is 13.0 Å². The molecule has 8 heteroatoms. The van der Waals surface area contributed by atoms with Gasteiger partial charge >= 0.3 is 0 Å². The van der Waals surface area contributed by atoms with Crippen LogP contribution in [0.2, 0.25) is 0 Å². The summed E-state index contributed by atoms with van der Waals surface area (Å²) in [5, 5.41) is 1.59. The molecule has 0 saturated heterocycles. The third kappa shape index (κ3) is 2.44. The summed E-state index contributed by atoms with van der Waals surface area (Å²) in [6.07, 6.45) is 0. The molecule has 0 amide bonds. The highest BCUT2D eigenvalue weighted by Crippen LogP contribution is 2.28. The van der Waals surface area contributed by atoms with Crippen LogP contribution in [0.4, 0.5) is 0 Å². The molecule has 30 heavy (non-hydrogen) atoms. The fourth-order valence-electron chi connectivity index (χ4n) is 4.29. The van der Waals surface area contributed by atoms with Gasteiger partial charge in [-0.15, -0.1) is 0 Å². The van der Waals surface area contributed by atoms with Crippen LogP contribution in [-0.4, -0.2) is 22.5 Å². The van der Waals surface area contributed by atoms with Gasteiger partial charge in [-0.3, -0.25) is 14.1 Å². The zero-order valence-corrected chi connectivity index (χ0v) is 16.9. The van der Waals surface area contributed by atoms with Crippen molar-refractivity contribution in [1.29, 1.82) is 0 Å². The van der Waals surface area contributed by atoms with Crippen molar-refractivity contribution in [3.8, 4) is 0 Å². The van der Waals surface area contributed by atoms with Crippen molar-refractivity contribution >= 4 is 53.7 Å². The number of aromatic nitrogens is 2. The highest BCUT2D eigenvalue weighted by molar-refractivity contribution is 7.85. The van der Waals surface area contributed by atoms with Gasteiger partial charge in [0.05, 0.1) is 26.8 Å². The van der Waals surface area contributed by atoms with Gasteiger partial charge in [-0.05, 0) is 48.9 Å². The molecule has 2 N–H and O–H groups in total. The molecule has 5 rings (SSSR count). The lowest BCUT2D eigenvalue weighted by Crippen LogP contribution is -2.13. The fraction of sp³-hybridized carbons (Fsp3) is 0.0909. The minimum absolute atomic E-state index is 0.119. The fourth-order valence-corrected chi connectivity index (χ4v) is 4.79. The van der Waals surface area contributed by atoms with Gasteiger partial charge in [0.25, 0.3) is 10.1 Å². The number of hydrogen-bond acceptors (Lipinski definition) is 4. The third-order valence-electron chi connectivity index (χ3n) is 5.66. The minimum Gasteiger partial charge on any atom is -0.354 e. The molecule has 150 valence electrons. The molecular formula is C22H16N2O5S. The predicted molar refractivity (Wildman–Crippen MR) is 117 cm³/mol. The molecular weight excluding hydrogens is 404 g/mol. The molecule has 0 aliphatic carbocycles. The Morgan fingerprint density at radius 1 is 0.900 bits per heavy atom. The number of aryl methyl sites for hydroxylation is 2. The topological polar surface area (TPSA) is 109 Å². The second-order valence-corrected chi connectivity index (χ2v) is 8.78. The van der Waals surface area contributed by atoms with Gasteiger partial charge < -0.3 is 9.55 Å². The van der Waals surface area contributed by atoms with E-state index in [0.29, 0.717) is 38.3 Å². The first-order valence-electron chi connectivity index (χ1n) is 9.17. The Labute approximate surface area is 169 Å². The SMILES string of the molecule is Cc1c2c(=O)c3cc(S(=O)(=O)O)ccc3[nH]c2cc2c(=O)c3ccccc3n(C)c12. The molecule has 3 aromatic carbocycles. The number of aromatic amines is 1. The van der Waals surface area contributed by atoms with Crippen molar-refractivity contribution in [2.75, 3.05) is 0 Å². The quantitative estimate of drug-likeness (QED) is 0.320. The van der Waals surface area contributed by atoms with Crippen LogP contribution in [-0.2, 0) is 17.2 Å². The molecule has 0 unspecified atom stereocenters. The molecule has 7 nitrogen and oxygen atoms in total. The Kier molecular flexibility index (Phi) is 3.71. The second-order valence-electron chi connectivity index (χ2n) is 7.36. The summed E-state index contributed by atoms with van der Waals surface area (Å²) in [6.45, 7) is 1.77. The molecule has 0 fully saturated rings. The van der Waals surface area contributed by atoms with Crippen LogP contribution in [0.15, 0.2) is 63.0 Å². The maximum Gasteiger partial charge on any atom is 0.294 e. The zero-order valence-electron chi connectivity index (χ0n) is 16.1. The molecule has 0 spiro atoms. The number of pyridine rings is 2. The maximum absolute atomic E-state index is 13.3. The van der Waals surface area contributed by atoms with Gasteiger partial charge in [-0.25, -0.2) is 0 Å². The van der Waals surface area contributed by atoms with Gasteiger partial charge in [0.1, 0.15) is 0 Å². The number of H-pyrrole nitrogens is 1. The maximum atomic E-state index is 13.3. The summed E-state index contributed by atoms with van der Waals surface area (Å²) in [4.78, 5) is 29.2. The van der Waals surface area contributed by atoms with Crippen LogP contribution in [0.3, 0.4) is 0 Å². The van der Waals surface area contributed by atoms with Gasteiger partial charge in [0, 0.05) is 28.7 Å². The van der Waals surface area contributed by atoms with E-state index in [-0.39, 0.29) is 21.1 Å². The lowest BCUT2D eigenvalue weighted by atomic mass is 10.00. The van der Waals surface area contributed by atoms with Gasteiger partial charge in [-0.2, -0.15) is 8.42 Å². The van der Waals surface area contributed by atoms with Crippen LogP contribution in [0.25, 0.3) is 43.6 Å². The average Bonchev–Trinajstić information content (AvgIpc) is 2.71. The van der Waals surface area contributed by atoms with Crippen molar-refractivity contribution in [3.05, 3.63) is 74.5 Å². The van der Waals surface area contributed by atoms with Crippen LogP contribution in [0, 0.1) is 6.92 Å². The Morgan fingerprint density at radius 3 is 2.37 bits per heavy atom. The summed E-state index contributed by atoms with van der Waals surface area (Å²) in [5.74, 6) is 0. The summed E-state index contributed by atoms with van der Waals surface area (Å²) < 4.78 is 34.2. The standard InChI is InChI=1S/C22H16N2O5S/c1-11-19-17(23-16-8-7-12(30(27,28)29)9-14(16)22(19)26)10-15-20(11)24(2)18-6-4-3-5-13(18)21(15)25/h3-10H,1-2H3,(H,23,26)(H,27,28,29). The van der Waals surface area contributed by atoms with Gasteiger partial charge in [0.15, 0.2) is 10.9 Å². The summed E-state index contributed by atoms with van der Waals surface area (Å²) in [5.41, 5.74) is 2.43. The van der Waals surface area contributed by atoms with E-state index >= 15 is 0 Å². The molecule has 2 aromatic heterocycles. The number of hydrogen-bond donors (Lipinski definition) is 2. The van der Waals surface area contributed by atoms with E-state index in [9.17, 15) is 22.6 Å². The first-order valence-corrected chi connectivity index (χ1v) is 10.6. The Morgan fingerprint density at radius 2 is 1.63 bits per heavy atom. The van der Waals surface area contributed by atoms with E-state index in [1.807, 2.05) is 29.8 Å². The number of para-hydroxylation sites is 1. The highest BCUT2D eigenvalue weighted by atomic mass is 32.2. The molecule has 5 aromatic rings. The number of rotatable bonds is 1. The van der Waals surface area contributed by atoms with Crippen molar-refractivity contribution in [3.63, 3.8) is 0 Å². The summed E-state index contributed by atoms with van der Waals surface area (Å²) in [6, 6.07) is 12.8. The molecule has 0 aliphatic rings. The lowest BCUT2D eigenvalue weighted by molar-refractivity contribution is 0.483. The molecule has 0 saturated carbocycles. The number of nitrogens with one attached hydrogen (secondary N) is 1. The first kappa shape index (κ1) is 18.5. The summed E-state index contributed by atoms with van der Waals surface area (Å²) in [7, 11) is -2.60. The lowest BCUT2D eigenvalue weighted by Gasteiger charge is -2.15. The second kappa shape index (κ2) is 6.01. The third-order valence-corrected chi connectivity index (χ3v) is 6.51. The Hall–Kier alpha value is -3.49. The molecule has 0 radical (unpaired) electrons. The monoisotopic (exact) mass is 420 g/mol. The Balaban J connectivity index is 2.04. The van der Waals surface area contributed by atoms with E-state index in [2.05, 4.69) is 4.98 Å². The largest absolute Gasteiger partial charge is 0.354 e. The number of nitrogens with zero attached hydrogens (tertiary/aromatic N) is 1. The first-order chi connectivity index (χ1) is 14.2. The van der Waals surface area contributed by atoms with Crippen LogP contribution in [0.1, 0.15) is 5.56 Å². The smallest absolute Gasteiger partial charge is 0.294 e. The van der Waals surface area contributed by atoms with Gasteiger partial charge in [-0.1, -0.05) is 12.1 Å². The number of fused-ring (bicyclic) bond motifs is 4. The Bertz CT molecular complexity index is 1780. The van der Waals surface area contributed by atoms with E-state index in [1.54, 1.807) is 19.1 Å². The summed E-state index contributed by atoms with van der Waals surface area (Å²) >= 11 is 0. The average molecular weight is 420 g/mol. The normalized spacial score (nSPS) is 12.4. The van der Waals surface area contributed by atoms with E-state index in [0.717, 1.165) is 11.6 Å². The van der Waals surface area contributed by atoms with Crippen molar-refractivity contribution in [2.45, 2.75) is 11.8 Å². The molecule has 2 heterocycles. The number of benzene rings is 3. The van der Waals surface area contributed by atoms with Crippen LogP contribution >= 0.6 is 0 Å². The van der Waals surface area contributed by atoms with E-state index in [1.165, 1.54) is 12.1 Å². The minimum atomic E-state index is -4.44. The predicted octanol–water partition coefficient (Wildman–Crippen LogP) is 3.24. The van der Waals surface area contributed by atoms with E-state index < -0.39 is 10.1 Å². The van der Waals surface area contributed by atoms with E-state index in [4.69, 9.17) is 0 Å². The van der Waals surface area contributed by atoms with Crippen LogP contribution < -0.4 is 10.9 Å². The molecule has 0 atom stereocenters. The van der Waals surface area contributed by atoms with Gasteiger partial charge in [0.2, 0.25) is 0 Å².